The first-order chi connectivity index (χ1) is 9.40. The normalized spacial score (nSPS) is 14.2. The van der Waals surface area contributed by atoms with Gasteiger partial charge in [0.25, 0.3) is 0 Å². The van der Waals surface area contributed by atoms with Gasteiger partial charge in [-0.1, -0.05) is 12.8 Å². The van der Waals surface area contributed by atoms with Crippen molar-refractivity contribution in [1.82, 2.24) is 0 Å². The maximum Gasteiger partial charge on any atom is 0.162 e. The van der Waals surface area contributed by atoms with Crippen molar-refractivity contribution in [2.24, 2.45) is 0 Å². The summed E-state index contributed by atoms with van der Waals surface area (Å²) in [7, 11) is 0. The van der Waals surface area contributed by atoms with Gasteiger partial charge in [0, 0.05) is 17.9 Å². The zero-order chi connectivity index (χ0) is 13.3. The lowest BCUT2D eigenvalue weighted by Crippen LogP contribution is -1.97. The minimum absolute atomic E-state index is 0.315. The van der Waals surface area contributed by atoms with Crippen molar-refractivity contribution in [2.75, 3.05) is 25.6 Å². The lowest BCUT2D eigenvalue weighted by atomic mass is 10.2. The highest BCUT2D eigenvalue weighted by Gasteiger charge is 2.10. The summed E-state index contributed by atoms with van der Waals surface area (Å²) >= 11 is 1.86. The molecular formula is C15H22O3S. The first-order valence-electron chi connectivity index (χ1n) is 7.03. The van der Waals surface area contributed by atoms with Gasteiger partial charge in [-0.05, 0) is 36.8 Å². The van der Waals surface area contributed by atoms with Crippen LogP contribution in [0.4, 0.5) is 0 Å². The average molecular weight is 282 g/mol. The number of hydrogen-bond donors (Lipinski definition) is 1. The number of ether oxygens (including phenoxy) is 2. The second-order valence-corrected chi connectivity index (χ2v) is 5.81. The van der Waals surface area contributed by atoms with E-state index in [1.54, 1.807) is 0 Å². The van der Waals surface area contributed by atoms with Crippen molar-refractivity contribution in [1.29, 1.82) is 0 Å². The van der Waals surface area contributed by atoms with Crippen molar-refractivity contribution in [3.05, 3.63) is 18.2 Å². The molecule has 0 amide bonds. The van der Waals surface area contributed by atoms with Gasteiger partial charge < -0.3 is 14.6 Å². The number of aliphatic hydroxyl groups is 1. The summed E-state index contributed by atoms with van der Waals surface area (Å²) in [5.41, 5.74) is 0. The highest BCUT2D eigenvalue weighted by Crippen LogP contribution is 2.34. The summed E-state index contributed by atoms with van der Waals surface area (Å²) < 4.78 is 11.3. The monoisotopic (exact) mass is 282 g/mol. The van der Waals surface area contributed by atoms with E-state index in [2.05, 4.69) is 12.1 Å². The smallest absolute Gasteiger partial charge is 0.162 e. The van der Waals surface area contributed by atoms with Crippen LogP contribution in [0.2, 0.25) is 0 Å². The molecule has 0 aliphatic carbocycles. The predicted octanol–water partition coefficient (Wildman–Crippen LogP) is 3.49. The molecule has 0 radical (unpaired) electrons. The molecule has 106 valence electrons. The van der Waals surface area contributed by atoms with Crippen molar-refractivity contribution in [3.8, 4) is 11.5 Å². The van der Waals surface area contributed by atoms with Crippen LogP contribution in [-0.4, -0.2) is 30.7 Å². The summed E-state index contributed by atoms with van der Waals surface area (Å²) in [6.07, 6.45) is 5.38. The van der Waals surface area contributed by atoms with E-state index in [9.17, 15) is 0 Å². The van der Waals surface area contributed by atoms with Gasteiger partial charge in [0.1, 0.15) is 0 Å². The largest absolute Gasteiger partial charge is 0.490 e. The fourth-order valence-corrected chi connectivity index (χ4v) is 2.93. The Kier molecular flexibility index (Phi) is 6.37. The minimum Gasteiger partial charge on any atom is -0.490 e. The summed E-state index contributed by atoms with van der Waals surface area (Å²) in [5.74, 6) is 2.86. The van der Waals surface area contributed by atoms with Gasteiger partial charge in [-0.15, -0.1) is 11.8 Å². The maximum absolute atomic E-state index is 8.71. The Morgan fingerprint density at radius 1 is 1.00 bits per heavy atom. The molecule has 1 heterocycles. The second-order valence-electron chi connectivity index (χ2n) is 4.65. The molecule has 0 aromatic heterocycles. The minimum atomic E-state index is 0.315. The number of rotatable bonds is 7. The Labute approximate surface area is 119 Å². The molecule has 1 aliphatic rings. The first kappa shape index (κ1) is 14.5. The summed E-state index contributed by atoms with van der Waals surface area (Å²) in [6, 6.07) is 6.19. The Morgan fingerprint density at radius 3 is 2.63 bits per heavy atom. The lowest BCUT2D eigenvalue weighted by Gasteiger charge is -2.09. The van der Waals surface area contributed by atoms with Gasteiger partial charge in [0.2, 0.25) is 0 Å². The molecule has 0 unspecified atom stereocenters. The van der Waals surface area contributed by atoms with Crippen LogP contribution in [0.3, 0.4) is 0 Å². The molecule has 0 atom stereocenters. The van der Waals surface area contributed by atoms with Gasteiger partial charge in [-0.25, -0.2) is 0 Å². The van der Waals surface area contributed by atoms with Crippen LogP contribution >= 0.6 is 11.8 Å². The molecule has 1 aromatic carbocycles. The van der Waals surface area contributed by atoms with Crippen molar-refractivity contribution < 1.29 is 14.6 Å². The highest BCUT2D eigenvalue weighted by molar-refractivity contribution is 7.99. The van der Waals surface area contributed by atoms with E-state index in [0.29, 0.717) is 6.61 Å². The SMILES string of the molecule is OCCCCCCSc1ccc2c(c1)OCCCO2. The van der Waals surface area contributed by atoms with E-state index in [4.69, 9.17) is 14.6 Å². The van der Waals surface area contributed by atoms with E-state index in [-0.39, 0.29) is 0 Å². The zero-order valence-corrected chi connectivity index (χ0v) is 12.1. The number of fused-ring (bicyclic) bond motifs is 1. The molecule has 1 N–H and O–H groups in total. The fraction of sp³-hybridized carbons (Fsp3) is 0.600. The Hall–Kier alpha value is -0.870. The van der Waals surface area contributed by atoms with Crippen molar-refractivity contribution >= 4 is 11.8 Å². The van der Waals surface area contributed by atoms with E-state index in [1.165, 1.54) is 17.7 Å². The lowest BCUT2D eigenvalue weighted by molar-refractivity contribution is 0.283. The van der Waals surface area contributed by atoms with Crippen molar-refractivity contribution in [3.63, 3.8) is 0 Å². The molecule has 0 saturated carbocycles. The van der Waals surface area contributed by atoms with Crippen LogP contribution in [0.25, 0.3) is 0 Å². The molecular weight excluding hydrogens is 260 g/mol. The van der Waals surface area contributed by atoms with Crippen LogP contribution < -0.4 is 9.47 Å². The molecule has 0 spiro atoms. The molecule has 0 bridgehead atoms. The van der Waals surface area contributed by atoms with Crippen LogP contribution in [0, 0.1) is 0 Å². The summed E-state index contributed by atoms with van der Waals surface area (Å²) in [6.45, 7) is 1.79. The Balaban J connectivity index is 1.76. The third kappa shape index (κ3) is 4.96. The quantitative estimate of drug-likeness (QED) is 0.614. The van der Waals surface area contributed by atoms with Crippen molar-refractivity contribution in [2.45, 2.75) is 37.0 Å². The van der Waals surface area contributed by atoms with Crippen LogP contribution in [0.5, 0.6) is 11.5 Å². The third-order valence-electron chi connectivity index (χ3n) is 3.04. The standard InChI is InChI=1S/C15H22O3S/c16-8-3-1-2-4-11-19-13-6-7-14-15(12-13)18-10-5-9-17-14/h6-7,12,16H,1-5,8-11H2. The van der Waals surface area contributed by atoms with Crippen LogP contribution in [-0.2, 0) is 0 Å². The topological polar surface area (TPSA) is 38.7 Å². The van der Waals surface area contributed by atoms with E-state index < -0.39 is 0 Å². The average Bonchev–Trinajstić information content (AvgIpc) is 2.67. The molecule has 19 heavy (non-hydrogen) atoms. The maximum atomic E-state index is 8.71. The molecule has 3 nitrogen and oxygen atoms in total. The number of benzene rings is 1. The van der Waals surface area contributed by atoms with Gasteiger partial charge >= 0.3 is 0 Å². The zero-order valence-electron chi connectivity index (χ0n) is 11.3. The molecule has 4 heteroatoms. The first-order valence-corrected chi connectivity index (χ1v) is 8.02. The highest BCUT2D eigenvalue weighted by atomic mass is 32.2. The summed E-state index contributed by atoms with van der Waals surface area (Å²) in [5, 5.41) is 8.71. The van der Waals surface area contributed by atoms with Gasteiger partial charge in [-0.2, -0.15) is 0 Å². The van der Waals surface area contributed by atoms with E-state index in [0.717, 1.165) is 49.7 Å². The predicted molar refractivity (Wildman–Crippen MR) is 78.3 cm³/mol. The molecule has 1 aromatic rings. The Bertz CT molecular complexity index is 382. The van der Waals surface area contributed by atoms with Crippen LogP contribution in [0.15, 0.2) is 23.1 Å². The number of unbranched alkanes of at least 4 members (excludes halogenated alkanes) is 3. The molecule has 2 rings (SSSR count). The summed E-state index contributed by atoms with van der Waals surface area (Å²) in [4.78, 5) is 1.24. The number of aliphatic hydroxyl groups excluding tert-OH is 1. The van der Waals surface area contributed by atoms with Gasteiger partial charge in [-0.3, -0.25) is 0 Å². The Morgan fingerprint density at radius 2 is 1.79 bits per heavy atom. The number of hydrogen-bond acceptors (Lipinski definition) is 4. The van der Waals surface area contributed by atoms with E-state index in [1.807, 2.05) is 17.8 Å². The second kappa shape index (κ2) is 8.33. The molecule has 0 fully saturated rings. The van der Waals surface area contributed by atoms with Gasteiger partial charge in [0.05, 0.1) is 13.2 Å². The van der Waals surface area contributed by atoms with E-state index >= 15 is 0 Å². The molecule has 0 saturated heterocycles. The fourth-order valence-electron chi connectivity index (χ4n) is 1.99. The van der Waals surface area contributed by atoms with Gasteiger partial charge in [0.15, 0.2) is 11.5 Å². The number of thioether (sulfide) groups is 1. The third-order valence-corrected chi connectivity index (χ3v) is 4.12. The van der Waals surface area contributed by atoms with Crippen LogP contribution in [0.1, 0.15) is 32.1 Å². The molecule has 1 aliphatic heterocycles.